The molecule has 11 heteroatoms. The molecular weight excluding hydrogens is 481 g/mol. The van der Waals surface area contributed by atoms with E-state index >= 15 is 0 Å². The summed E-state index contributed by atoms with van der Waals surface area (Å²) in [4.78, 5) is 16.9. The summed E-state index contributed by atoms with van der Waals surface area (Å²) in [5, 5.41) is 6.99. The molecule has 0 saturated heterocycles. The van der Waals surface area contributed by atoms with E-state index in [-0.39, 0.29) is 27.0 Å². The van der Waals surface area contributed by atoms with Gasteiger partial charge in [-0.25, -0.2) is 12.8 Å². The lowest BCUT2D eigenvalue weighted by molar-refractivity contribution is 0.102. The van der Waals surface area contributed by atoms with Crippen LogP contribution in [-0.4, -0.2) is 36.1 Å². The summed E-state index contributed by atoms with van der Waals surface area (Å²) in [5.74, 6) is -0.828. The molecule has 8 nitrogen and oxygen atoms in total. The lowest BCUT2D eigenvalue weighted by atomic mass is 10.2. The topological polar surface area (TPSA) is 97.2 Å². The number of anilines is 2. The quantitative estimate of drug-likeness (QED) is 0.411. The first-order valence-corrected chi connectivity index (χ1v) is 11.8. The Balaban J connectivity index is 1.54. The van der Waals surface area contributed by atoms with Gasteiger partial charge < -0.3 is 5.32 Å². The van der Waals surface area contributed by atoms with Crippen molar-refractivity contribution in [2.45, 2.75) is 11.4 Å². The van der Waals surface area contributed by atoms with Crippen LogP contribution >= 0.6 is 11.6 Å². The number of benzene rings is 2. The van der Waals surface area contributed by atoms with Gasteiger partial charge >= 0.3 is 0 Å². The predicted molar refractivity (Wildman–Crippen MR) is 127 cm³/mol. The van der Waals surface area contributed by atoms with E-state index in [1.165, 1.54) is 37.4 Å². The highest BCUT2D eigenvalue weighted by Gasteiger charge is 2.24. The minimum Gasteiger partial charge on any atom is -0.305 e. The van der Waals surface area contributed by atoms with Gasteiger partial charge in [0.25, 0.3) is 15.9 Å². The first-order valence-electron chi connectivity index (χ1n) is 10.0. The van der Waals surface area contributed by atoms with Gasteiger partial charge in [-0.15, -0.1) is 0 Å². The summed E-state index contributed by atoms with van der Waals surface area (Å²) in [6.07, 6.45) is 3.36. The maximum atomic E-state index is 13.2. The van der Waals surface area contributed by atoms with Crippen molar-refractivity contribution in [3.8, 4) is 0 Å². The molecule has 34 heavy (non-hydrogen) atoms. The smallest absolute Gasteiger partial charge is 0.264 e. The molecular formula is C23H19ClFN5O3S. The van der Waals surface area contributed by atoms with Gasteiger partial charge in [0.05, 0.1) is 33.4 Å². The third-order valence-electron chi connectivity index (χ3n) is 4.96. The number of halogens is 2. The highest BCUT2D eigenvalue weighted by Crippen LogP contribution is 2.26. The molecule has 4 rings (SSSR count). The Hall–Kier alpha value is -3.76. The van der Waals surface area contributed by atoms with E-state index < -0.39 is 21.7 Å². The molecule has 1 N–H and O–H groups in total. The highest BCUT2D eigenvalue weighted by atomic mass is 35.5. The van der Waals surface area contributed by atoms with Gasteiger partial charge in [-0.1, -0.05) is 17.7 Å². The minimum absolute atomic E-state index is 0.0328. The van der Waals surface area contributed by atoms with Crippen LogP contribution in [0, 0.1) is 5.82 Å². The first-order chi connectivity index (χ1) is 16.2. The number of nitrogens with one attached hydrogen (secondary N) is 1. The van der Waals surface area contributed by atoms with Crippen LogP contribution in [0.15, 0.2) is 84.0 Å². The van der Waals surface area contributed by atoms with E-state index in [0.29, 0.717) is 6.54 Å². The van der Waals surface area contributed by atoms with Crippen molar-refractivity contribution in [3.63, 3.8) is 0 Å². The second-order valence-electron chi connectivity index (χ2n) is 7.26. The zero-order chi connectivity index (χ0) is 24.3. The number of hydrogen-bond acceptors (Lipinski definition) is 5. The van der Waals surface area contributed by atoms with E-state index in [4.69, 9.17) is 11.6 Å². The fourth-order valence-electron chi connectivity index (χ4n) is 3.14. The number of aromatic nitrogens is 3. The fourth-order valence-corrected chi connectivity index (χ4v) is 4.57. The normalized spacial score (nSPS) is 11.3. The highest BCUT2D eigenvalue weighted by molar-refractivity contribution is 7.92. The molecule has 0 aliphatic carbocycles. The Morgan fingerprint density at radius 2 is 1.88 bits per heavy atom. The molecule has 0 aliphatic heterocycles. The molecule has 174 valence electrons. The van der Waals surface area contributed by atoms with E-state index in [2.05, 4.69) is 15.4 Å². The van der Waals surface area contributed by atoms with Crippen LogP contribution in [0.2, 0.25) is 5.02 Å². The molecule has 0 spiro atoms. The van der Waals surface area contributed by atoms with Crippen molar-refractivity contribution in [1.82, 2.24) is 14.8 Å². The Kier molecular flexibility index (Phi) is 6.62. The first kappa shape index (κ1) is 23.4. The summed E-state index contributed by atoms with van der Waals surface area (Å²) < 4.78 is 42.0. The Bertz CT molecular complexity index is 1430. The standard InChI is InChI=1S/C23H19ClFN5O3S/c1-29(18-7-5-16(25)6-8-18)34(32,33)19-9-10-21(24)20(14-19)23(31)27-22-11-13-30(28-22)15-17-4-2-3-12-26-17/h2-14H,15H2,1H3,(H,27,28,31). The van der Waals surface area contributed by atoms with Gasteiger partial charge in [-0.3, -0.25) is 18.8 Å². The van der Waals surface area contributed by atoms with Gasteiger partial charge in [0, 0.05) is 25.5 Å². The summed E-state index contributed by atoms with van der Waals surface area (Å²) in [6.45, 7) is 0.418. The third kappa shape index (κ3) is 5.08. The van der Waals surface area contributed by atoms with E-state index in [1.807, 2.05) is 18.2 Å². The summed E-state index contributed by atoms with van der Waals surface area (Å²) in [5.41, 5.74) is 1.03. The summed E-state index contributed by atoms with van der Waals surface area (Å²) in [6, 6.07) is 16.0. The average molecular weight is 500 g/mol. The van der Waals surface area contributed by atoms with Gasteiger partial charge in [-0.2, -0.15) is 5.10 Å². The molecule has 2 aromatic heterocycles. The van der Waals surface area contributed by atoms with Crippen molar-refractivity contribution in [1.29, 1.82) is 0 Å². The van der Waals surface area contributed by atoms with Crippen LogP contribution in [0.3, 0.4) is 0 Å². The van der Waals surface area contributed by atoms with Crippen molar-refractivity contribution < 1.29 is 17.6 Å². The summed E-state index contributed by atoms with van der Waals surface area (Å²) in [7, 11) is -2.70. The number of carbonyl (C=O) groups is 1. The third-order valence-corrected chi connectivity index (χ3v) is 7.07. The molecule has 1 amide bonds. The molecule has 0 aliphatic rings. The van der Waals surface area contributed by atoms with E-state index in [1.54, 1.807) is 23.1 Å². The predicted octanol–water partition coefficient (Wildman–Crippen LogP) is 4.20. The second-order valence-corrected chi connectivity index (χ2v) is 9.64. The zero-order valence-corrected chi connectivity index (χ0v) is 19.5. The van der Waals surface area contributed by atoms with Crippen LogP contribution in [0.5, 0.6) is 0 Å². The van der Waals surface area contributed by atoms with Crippen molar-refractivity contribution in [3.05, 3.63) is 101 Å². The molecule has 0 bridgehead atoms. The molecule has 0 saturated carbocycles. The molecule has 2 aromatic carbocycles. The lowest BCUT2D eigenvalue weighted by Crippen LogP contribution is -2.27. The number of amides is 1. The van der Waals surface area contributed by atoms with E-state index in [9.17, 15) is 17.6 Å². The number of sulfonamides is 1. The van der Waals surface area contributed by atoms with Crippen molar-refractivity contribution >= 4 is 39.0 Å². The largest absolute Gasteiger partial charge is 0.305 e. The number of rotatable bonds is 7. The van der Waals surface area contributed by atoms with E-state index in [0.717, 1.165) is 22.1 Å². The monoisotopic (exact) mass is 499 g/mol. The van der Waals surface area contributed by atoms with Crippen molar-refractivity contribution in [2.24, 2.45) is 0 Å². The van der Waals surface area contributed by atoms with Gasteiger partial charge in [0.2, 0.25) is 0 Å². The molecule has 0 fully saturated rings. The molecule has 2 heterocycles. The van der Waals surface area contributed by atoms with Crippen LogP contribution < -0.4 is 9.62 Å². The minimum atomic E-state index is -4.04. The molecule has 4 aromatic rings. The van der Waals surface area contributed by atoms with Crippen LogP contribution in [0.25, 0.3) is 0 Å². The number of nitrogens with zero attached hydrogens (tertiary/aromatic N) is 4. The number of hydrogen-bond donors (Lipinski definition) is 1. The van der Waals surface area contributed by atoms with Crippen LogP contribution in [0.1, 0.15) is 16.1 Å². The number of carbonyl (C=O) groups excluding carboxylic acids is 1. The lowest BCUT2D eigenvalue weighted by Gasteiger charge is -2.20. The van der Waals surface area contributed by atoms with Gasteiger partial charge in [-0.05, 0) is 54.6 Å². The average Bonchev–Trinajstić information content (AvgIpc) is 3.26. The Morgan fingerprint density at radius 1 is 1.12 bits per heavy atom. The maximum absolute atomic E-state index is 13.2. The second kappa shape index (κ2) is 9.62. The Morgan fingerprint density at radius 3 is 2.59 bits per heavy atom. The molecule has 0 unspecified atom stereocenters. The Labute approximate surface area is 200 Å². The van der Waals surface area contributed by atoms with Crippen LogP contribution in [-0.2, 0) is 16.6 Å². The van der Waals surface area contributed by atoms with Crippen molar-refractivity contribution in [2.75, 3.05) is 16.7 Å². The zero-order valence-electron chi connectivity index (χ0n) is 17.9. The summed E-state index contributed by atoms with van der Waals surface area (Å²) >= 11 is 6.19. The molecule has 0 radical (unpaired) electrons. The fraction of sp³-hybridized carbons (Fsp3) is 0.0870. The maximum Gasteiger partial charge on any atom is 0.264 e. The SMILES string of the molecule is CN(c1ccc(F)cc1)S(=O)(=O)c1ccc(Cl)c(C(=O)Nc2ccn(Cc3ccccn3)n2)c1. The van der Waals surface area contributed by atoms with Crippen LogP contribution in [0.4, 0.5) is 15.9 Å². The van der Waals surface area contributed by atoms with Gasteiger partial charge in [0.15, 0.2) is 5.82 Å². The number of pyridine rings is 1. The van der Waals surface area contributed by atoms with Gasteiger partial charge in [0.1, 0.15) is 5.82 Å². The molecule has 0 atom stereocenters.